The van der Waals surface area contributed by atoms with Crippen LogP contribution in [-0.2, 0) is 14.3 Å². The van der Waals surface area contributed by atoms with Crippen LogP contribution in [0.5, 0.6) is 11.5 Å². The molecule has 2 aliphatic heterocycles. The third kappa shape index (κ3) is 5.49. The smallest absolute Gasteiger partial charge is 0.295 e. The summed E-state index contributed by atoms with van der Waals surface area (Å²) in [6, 6.07) is 13.4. The number of nitrogens with zero attached hydrogens (tertiary/aromatic N) is 2. The fourth-order valence-corrected chi connectivity index (χ4v) is 4.56. The van der Waals surface area contributed by atoms with Gasteiger partial charge >= 0.3 is 0 Å². The van der Waals surface area contributed by atoms with E-state index in [-0.39, 0.29) is 11.3 Å². The predicted molar refractivity (Wildman–Crippen MR) is 131 cm³/mol. The number of likely N-dealkylation sites (tertiary alicyclic amines) is 1. The Balaban J connectivity index is 1.66. The Bertz CT molecular complexity index is 1060. The van der Waals surface area contributed by atoms with Crippen LogP contribution in [0.15, 0.2) is 54.1 Å². The summed E-state index contributed by atoms with van der Waals surface area (Å²) >= 11 is 0. The normalized spacial score (nSPS) is 20.3. The second kappa shape index (κ2) is 11.4. The zero-order chi connectivity index (χ0) is 24.8. The molecule has 2 saturated heterocycles. The lowest BCUT2D eigenvalue weighted by Gasteiger charge is -2.29. The van der Waals surface area contributed by atoms with E-state index in [2.05, 4.69) is 4.90 Å². The molecule has 0 spiro atoms. The van der Waals surface area contributed by atoms with E-state index < -0.39 is 17.7 Å². The predicted octanol–water partition coefficient (Wildman–Crippen LogP) is 3.24. The molecule has 1 amide bonds. The molecule has 2 fully saturated rings. The van der Waals surface area contributed by atoms with Crippen LogP contribution in [0.4, 0.5) is 0 Å². The van der Waals surface area contributed by atoms with Crippen molar-refractivity contribution < 1.29 is 28.9 Å². The molecule has 0 bridgehead atoms. The first kappa shape index (κ1) is 24.8. The SMILES string of the molecule is CCOc1ccc([C@H]2C(=C(O)c3ccc(OC)cc3)C(=O)C(=O)N2CCCN2CCOCC2)cc1. The van der Waals surface area contributed by atoms with Gasteiger partial charge in [-0.05, 0) is 55.3 Å². The van der Waals surface area contributed by atoms with Crippen molar-refractivity contribution >= 4 is 17.4 Å². The summed E-state index contributed by atoms with van der Waals surface area (Å²) in [6.07, 6.45) is 0.711. The van der Waals surface area contributed by atoms with Gasteiger partial charge in [-0.3, -0.25) is 14.5 Å². The zero-order valence-corrected chi connectivity index (χ0v) is 20.2. The lowest BCUT2D eigenvalue weighted by atomic mass is 9.95. The van der Waals surface area contributed by atoms with Crippen molar-refractivity contribution in [3.05, 3.63) is 65.2 Å². The Kier molecular flexibility index (Phi) is 8.05. The number of ketones is 1. The molecule has 0 saturated carbocycles. The standard InChI is InChI=1S/C27H32N2O6/c1-3-35-22-11-5-19(6-12-22)24-23(25(30)20-7-9-21(33-2)10-8-20)26(31)27(32)29(24)14-4-13-28-15-17-34-18-16-28/h5-12,24,30H,3-4,13-18H2,1-2H3/t24-/m0/s1. The molecule has 0 aromatic heterocycles. The van der Waals surface area contributed by atoms with E-state index in [1.165, 1.54) is 0 Å². The van der Waals surface area contributed by atoms with Crippen molar-refractivity contribution in [2.75, 3.05) is 53.1 Å². The van der Waals surface area contributed by atoms with Crippen molar-refractivity contribution in [3.63, 3.8) is 0 Å². The average Bonchev–Trinajstić information content (AvgIpc) is 3.14. The number of amides is 1. The van der Waals surface area contributed by atoms with Crippen LogP contribution >= 0.6 is 0 Å². The van der Waals surface area contributed by atoms with E-state index in [1.807, 2.05) is 31.2 Å². The van der Waals surface area contributed by atoms with Gasteiger partial charge in [-0.15, -0.1) is 0 Å². The van der Waals surface area contributed by atoms with Gasteiger partial charge in [0.25, 0.3) is 11.7 Å². The van der Waals surface area contributed by atoms with E-state index >= 15 is 0 Å². The second-order valence-electron chi connectivity index (χ2n) is 8.53. The Morgan fingerprint density at radius 2 is 1.66 bits per heavy atom. The van der Waals surface area contributed by atoms with E-state index in [0.29, 0.717) is 49.8 Å². The summed E-state index contributed by atoms with van der Waals surface area (Å²) in [6.45, 7) is 6.79. The number of benzene rings is 2. The minimum atomic E-state index is -0.683. The molecule has 8 heteroatoms. The summed E-state index contributed by atoms with van der Waals surface area (Å²) < 4.78 is 16.2. The van der Waals surface area contributed by atoms with Crippen molar-refractivity contribution in [1.82, 2.24) is 9.80 Å². The number of Topliss-reactive ketones (excluding diaryl/α,β-unsaturated/α-hetero) is 1. The molecule has 35 heavy (non-hydrogen) atoms. The van der Waals surface area contributed by atoms with Crippen LogP contribution in [0.3, 0.4) is 0 Å². The number of hydrogen-bond donors (Lipinski definition) is 1. The number of hydrogen-bond acceptors (Lipinski definition) is 7. The van der Waals surface area contributed by atoms with Crippen molar-refractivity contribution in [1.29, 1.82) is 0 Å². The molecular formula is C27H32N2O6. The van der Waals surface area contributed by atoms with Crippen LogP contribution in [0.2, 0.25) is 0 Å². The van der Waals surface area contributed by atoms with E-state index in [1.54, 1.807) is 36.3 Å². The highest BCUT2D eigenvalue weighted by molar-refractivity contribution is 6.46. The van der Waals surface area contributed by atoms with Gasteiger partial charge in [-0.25, -0.2) is 0 Å². The summed E-state index contributed by atoms with van der Waals surface area (Å²) in [4.78, 5) is 30.2. The Labute approximate surface area is 205 Å². The Hall–Kier alpha value is -3.36. The van der Waals surface area contributed by atoms with Gasteiger partial charge in [0, 0.05) is 31.7 Å². The van der Waals surface area contributed by atoms with Gasteiger partial charge in [0.05, 0.1) is 38.5 Å². The molecule has 8 nitrogen and oxygen atoms in total. The second-order valence-corrected chi connectivity index (χ2v) is 8.53. The minimum absolute atomic E-state index is 0.0932. The van der Waals surface area contributed by atoms with Crippen LogP contribution < -0.4 is 9.47 Å². The third-order valence-electron chi connectivity index (χ3n) is 6.39. The van der Waals surface area contributed by atoms with Crippen molar-refractivity contribution in [2.24, 2.45) is 0 Å². The third-order valence-corrected chi connectivity index (χ3v) is 6.39. The average molecular weight is 481 g/mol. The molecule has 186 valence electrons. The first-order chi connectivity index (χ1) is 17.0. The summed E-state index contributed by atoms with van der Waals surface area (Å²) in [5, 5.41) is 11.2. The molecule has 0 radical (unpaired) electrons. The molecule has 1 N–H and O–H groups in total. The van der Waals surface area contributed by atoms with Crippen LogP contribution in [0, 0.1) is 0 Å². The van der Waals surface area contributed by atoms with Gasteiger partial charge in [0.15, 0.2) is 0 Å². The van der Waals surface area contributed by atoms with Gasteiger partial charge in [0.1, 0.15) is 17.3 Å². The molecule has 2 heterocycles. The Morgan fingerprint density at radius 1 is 1.00 bits per heavy atom. The van der Waals surface area contributed by atoms with Crippen LogP contribution in [-0.4, -0.2) is 79.7 Å². The molecule has 0 unspecified atom stereocenters. The van der Waals surface area contributed by atoms with Gasteiger partial charge in [-0.1, -0.05) is 12.1 Å². The highest BCUT2D eigenvalue weighted by Crippen LogP contribution is 2.40. The topological polar surface area (TPSA) is 88.5 Å². The van der Waals surface area contributed by atoms with E-state index in [0.717, 1.165) is 25.2 Å². The molecule has 0 aliphatic carbocycles. The molecule has 4 rings (SSSR count). The number of aliphatic hydroxyl groups excluding tert-OH is 1. The number of methoxy groups -OCH3 is 1. The van der Waals surface area contributed by atoms with Gasteiger partial charge in [-0.2, -0.15) is 0 Å². The van der Waals surface area contributed by atoms with E-state index in [4.69, 9.17) is 14.2 Å². The lowest BCUT2D eigenvalue weighted by molar-refractivity contribution is -0.140. The van der Waals surface area contributed by atoms with Gasteiger partial charge in [0.2, 0.25) is 0 Å². The molecular weight excluding hydrogens is 448 g/mol. The van der Waals surface area contributed by atoms with E-state index in [9.17, 15) is 14.7 Å². The minimum Gasteiger partial charge on any atom is -0.507 e. The first-order valence-electron chi connectivity index (χ1n) is 12.0. The largest absolute Gasteiger partial charge is 0.507 e. The monoisotopic (exact) mass is 480 g/mol. The van der Waals surface area contributed by atoms with Crippen molar-refractivity contribution in [3.8, 4) is 11.5 Å². The highest BCUT2D eigenvalue weighted by atomic mass is 16.5. The number of carbonyl (C=O) groups is 2. The Morgan fingerprint density at radius 3 is 2.29 bits per heavy atom. The number of carbonyl (C=O) groups excluding carboxylic acids is 2. The number of ether oxygens (including phenoxy) is 3. The highest BCUT2D eigenvalue weighted by Gasteiger charge is 2.45. The summed E-state index contributed by atoms with van der Waals surface area (Å²) in [5.41, 5.74) is 1.29. The molecule has 2 aromatic rings. The van der Waals surface area contributed by atoms with Gasteiger partial charge < -0.3 is 24.2 Å². The number of aliphatic hydroxyl groups is 1. The molecule has 1 atom stereocenters. The maximum Gasteiger partial charge on any atom is 0.295 e. The summed E-state index contributed by atoms with van der Waals surface area (Å²) in [5.74, 6) is -0.131. The molecule has 2 aliphatic rings. The number of rotatable bonds is 9. The maximum atomic E-state index is 13.2. The van der Waals surface area contributed by atoms with Crippen molar-refractivity contribution in [2.45, 2.75) is 19.4 Å². The first-order valence-corrected chi connectivity index (χ1v) is 12.0. The molecule has 2 aromatic carbocycles. The quantitative estimate of drug-likeness (QED) is 0.335. The maximum absolute atomic E-state index is 13.2. The number of morpholine rings is 1. The summed E-state index contributed by atoms with van der Waals surface area (Å²) in [7, 11) is 1.56. The van der Waals surface area contributed by atoms with Crippen LogP contribution in [0.1, 0.15) is 30.5 Å². The fraction of sp³-hybridized carbons (Fsp3) is 0.407. The van der Waals surface area contributed by atoms with Crippen LogP contribution in [0.25, 0.3) is 5.76 Å². The zero-order valence-electron chi connectivity index (χ0n) is 20.2. The lowest BCUT2D eigenvalue weighted by Crippen LogP contribution is -2.38. The fourth-order valence-electron chi connectivity index (χ4n) is 4.56.